The Morgan fingerprint density at radius 1 is 1.36 bits per heavy atom. The first-order valence-corrected chi connectivity index (χ1v) is 4.64. The van der Waals surface area contributed by atoms with Gasteiger partial charge in [0.1, 0.15) is 12.5 Å². The van der Waals surface area contributed by atoms with E-state index >= 15 is 0 Å². The molecule has 0 bridgehead atoms. The maximum absolute atomic E-state index is 10.8. The van der Waals surface area contributed by atoms with Crippen LogP contribution in [0.2, 0.25) is 0 Å². The molecule has 1 aliphatic rings. The molecule has 1 fully saturated rings. The second-order valence-corrected chi connectivity index (χ2v) is 3.33. The molecule has 14 heavy (non-hydrogen) atoms. The van der Waals surface area contributed by atoms with Gasteiger partial charge in [0.05, 0.1) is 13.2 Å². The fourth-order valence-electron chi connectivity index (χ4n) is 1.28. The molecule has 0 radical (unpaired) electrons. The molecule has 1 aromatic carbocycles. The maximum atomic E-state index is 10.8. The molecule has 1 aromatic rings. The molecule has 1 unspecified atom stereocenters. The summed E-state index contributed by atoms with van der Waals surface area (Å²) < 4.78 is 10.0. The number of benzene rings is 1. The Hall–Kier alpha value is -1.35. The molecule has 2 rings (SSSR count). The van der Waals surface area contributed by atoms with Crippen molar-refractivity contribution in [3.05, 3.63) is 35.9 Å². The highest BCUT2D eigenvalue weighted by Gasteiger charge is 2.30. The molecule has 1 atom stereocenters. The molecular formula is C11H12O3. The molecule has 1 heterocycles. The van der Waals surface area contributed by atoms with Crippen molar-refractivity contribution in [1.82, 2.24) is 0 Å². The van der Waals surface area contributed by atoms with E-state index in [1.165, 1.54) is 0 Å². The Morgan fingerprint density at radius 3 is 2.71 bits per heavy atom. The van der Waals surface area contributed by atoms with E-state index in [2.05, 4.69) is 4.74 Å². The lowest BCUT2D eigenvalue weighted by atomic mass is 10.1. The van der Waals surface area contributed by atoms with Crippen LogP contribution in [0, 0.1) is 5.92 Å². The van der Waals surface area contributed by atoms with Crippen LogP contribution < -0.4 is 0 Å². The Morgan fingerprint density at radius 2 is 2.14 bits per heavy atom. The fraction of sp³-hybridized carbons (Fsp3) is 0.364. The standard InChI is InChI=1S/C11H12O3/c12-11-10(8-14-11)7-13-6-9-4-2-1-3-5-9/h1-5,10H,6-8H2. The lowest BCUT2D eigenvalue weighted by Crippen LogP contribution is -2.37. The SMILES string of the molecule is O=C1OCC1COCc1ccccc1. The number of carbonyl (C=O) groups is 1. The minimum Gasteiger partial charge on any atom is -0.464 e. The smallest absolute Gasteiger partial charge is 0.314 e. The highest BCUT2D eigenvalue weighted by atomic mass is 16.6. The van der Waals surface area contributed by atoms with Gasteiger partial charge in [-0.2, -0.15) is 0 Å². The monoisotopic (exact) mass is 192 g/mol. The van der Waals surface area contributed by atoms with Crippen molar-refractivity contribution < 1.29 is 14.3 Å². The van der Waals surface area contributed by atoms with E-state index in [9.17, 15) is 4.79 Å². The Bertz CT molecular complexity index is 308. The van der Waals surface area contributed by atoms with E-state index in [4.69, 9.17) is 4.74 Å². The maximum Gasteiger partial charge on any atom is 0.314 e. The quantitative estimate of drug-likeness (QED) is 0.676. The first kappa shape index (κ1) is 9.21. The number of hydrogen-bond donors (Lipinski definition) is 0. The summed E-state index contributed by atoms with van der Waals surface area (Å²) in [5.74, 6) is -0.184. The summed E-state index contributed by atoms with van der Waals surface area (Å²) in [7, 11) is 0. The highest BCUT2D eigenvalue weighted by Crippen LogP contribution is 2.13. The van der Waals surface area contributed by atoms with E-state index < -0.39 is 0 Å². The highest BCUT2D eigenvalue weighted by molar-refractivity contribution is 5.77. The van der Waals surface area contributed by atoms with Crippen molar-refractivity contribution in [2.45, 2.75) is 6.61 Å². The van der Waals surface area contributed by atoms with Crippen LogP contribution in [0.1, 0.15) is 5.56 Å². The van der Waals surface area contributed by atoms with Crippen LogP contribution in [-0.2, 0) is 20.9 Å². The predicted molar refractivity (Wildman–Crippen MR) is 50.5 cm³/mol. The molecule has 0 N–H and O–H groups in total. The first-order chi connectivity index (χ1) is 6.86. The van der Waals surface area contributed by atoms with Gasteiger partial charge < -0.3 is 9.47 Å². The van der Waals surface area contributed by atoms with Gasteiger partial charge in [-0.1, -0.05) is 30.3 Å². The fourth-order valence-corrected chi connectivity index (χ4v) is 1.28. The Balaban J connectivity index is 1.70. The number of hydrogen-bond acceptors (Lipinski definition) is 3. The van der Waals surface area contributed by atoms with Gasteiger partial charge >= 0.3 is 5.97 Å². The van der Waals surface area contributed by atoms with Gasteiger partial charge in [-0.25, -0.2) is 0 Å². The number of esters is 1. The summed E-state index contributed by atoms with van der Waals surface area (Å²) in [5, 5.41) is 0. The molecule has 0 aliphatic carbocycles. The minimum absolute atomic E-state index is 0.0429. The zero-order chi connectivity index (χ0) is 9.80. The molecule has 3 nitrogen and oxygen atoms in total. The molecule has 3 heteroatoms. The summed E-state index contributed by atoms with van der Waals surface area (Å²) in [5.41, 5.74) is 1.13. The largest absolute Gasteiger partial charge is 0.464 e. The molecule has 74 valence electrons. The second-order valence-electron chi connectivity index (χ2n) is 3.33. The Kier molecular flexibility index (Phi) is 2.79. The number of ether oxygens (including phenoxy) is 2. The van der Waals surface area contributed by atoms with Crippen LogP contribution in [0.15, 0.2) is 30.3 Å². The summed E-state index contributed by atoms with van der Waals surface area (Å²) >= 11 is 0. The zero-order valence-electron chi connectivity index (χ0n) is 7.81. The van der Waals surface area contributed by atoms with E-state index in [1.54, 1.807) is 0 Å². The third-order valence-electron chi connectivity index (χ3n) is 2.19. The molecule has 1 saturated heterocycles. The van der Waals surface area contributed by atoms with Gasteiger partial charge in [-0.15, -0.1) is 0 Å². The lowest BCUT2D eigenvalue weighted by molar-refractivity contribution is -0.173. The summed E-state index contributed by atoms with van der Waals surface area (Å²) in [6.45, 7) is 1.53. The summed E-state index contributed by atoms with van der Waals surface area (Å²) in [6.07, 6.45) is 0. The van der Waals surface area contributed by atoms with Crippen molar-refractivity contribution in [3.8, 4) is 0 Å². The molecular weight excluding hydrogens is 180 g/mol. The van der Waals surface area contributed by atoms with Crippen LogP contribution in [0.3, 0.4) is 0 Å². The number of cyclic esters (lactones) is 1. The molecule has 0 spiro atoms. The van der Waals surface area contributed by atoms with Crippen LogP contribution in [0.5, 0.6) is 0 Å². The van der Waals surface area contributed by atoms with Crippen molar-refractivity contribution >= 4 is 5.97 Å². The van der Waals surface area contributed by atoms with Gasteiger partial charge in [-0.05, 0) is 5.56 Å². The van der Waals surface area contributed by atoms with Crippen molar-refractivity contribution in [3.63, 3.8) is 0 Å². The number of rotatable bonds is 4. The van der Waals surface area contributed by atoms with Crippen LogP contribution in [0.25, 0.3) is 0 Å². The predicted octanol–water partition coefficient (Wildman–Crippen LogP) is 1.38. The van der Waals surface area contributed by atoms with E-state index in [-0.39, 0.29) is 11.9 Å². The van der Waals surface area contributed by atoms with Gasteiger partial charge in [0.2, 0.25) is 0 Å². The summed E-state index contributed by atoms with van der Waals surface area (Å²) in [6, 6.07) is 9.90. The molecule has 1 aliphatic heterocycles. The van der Waals surface area contributed by atoms with Crippen molar-refractivity contribution in [1.29, 1.82) is 0 Å². The third kappa shape index (κ3) is 2.12. The topological polar surface area (TPSA) is 35.5 Å². The minimum atomic E-state index is -0.141. The first-order valence-electron chi connectivity index (χ1n) is 4.64. The molecule has 0 saturated carbocycles. The van der Waals surface area contributed by atoms with Crippen LogP contribution in [-0.4, -0.2) is 19.2 Å². The average molecular weight is 192 g/mol. The van der Waals surface area contributed by atoms with Gasteiger partial charge in [0.15, 0.2) is 0 Å². The Labute approximate surface area is 82.6 Å². The van der Waals surface area contributed by atoms with Crippen molar-refractivity contribution in [2.24, 2.45) is 5.92 Å². The van der Waals surface area contributed by atoms with Gasteiger partial charge in [0, 0.05) is 0 Å². The summed E-state index contributed by atoms with van der Waals surface area (Å²) in [4.78, 5) is 10.8. The molecule has 0 aromatic heterocycles. The second kappa shape index (κ2) is 4.24. The van der Waals surface area contributed by atoms with Crippen LogP contribution in [0.4, 0.5) is 0 Å². The van der Waals surface area contributed by atoms with E-state index in [0.29, 0.717) is 19.8 Å². The van der Waals surface area contributed by atoms with Crippen LogP contribution >= 0.6 is 0 Å². The number of carbonyl (C=O) groups excluding carboxylic acids is 1. The normalized spacial score (nSPS) is 20.0. The zero-order valence-corrected chi connectivity index (χ0v) is 7.81. The average Bonchev–Trinajstić information content (AvgIpc) is 2.24. The van der Waals surface area contributed by atoms with Gasteiger partial charge in [-0.3, -0.25) is 4.79 Å². The van der Waals surface area contributed by atoms with Gasteiger partial charge in [0.25, 0.3) is 0 Å². The van der Waals surface area contributed by atoms with E-state index in [1.807, 2.05) is 30.3 Å². The molecule has 0 amide bonds. The third-order valence-corrected chi connectivity index (χ3v) is 2.19. The van der Waals surface area contributed by atoms with E-state index in [0.717, 1.165) is 5.56 Å². The lowest BCUT2D eigenvalue weighted by Gasteiger charge is -2.23. The van der Waals surface area contributed by atoms with Crippen molar-refractivity contribution in [2.75, 3.05) is 13.2 Å².